The molecule has 1 saturated heterocycles. The fourth-order valence-electron chi connectivity index (χ4n) is 2.08. The minimum absolute atomic E-state index is 0.00470. The van der Waals surface area contributed by atoms with Gasteiger partial charge >= 0.3 is 0 Å². The summed E-state index contributed by atoms with van der Waals surface area (Å²) in [5.74, 6) is -0.649. The Labute approximate surface area is 111 Å². The van der Waals surface area contributed by atoms with Gasteiger partial charge in [0.2, 0.25) is 10.0 Å². The smallest absolute Gasteiger partial charge is 0.243 e. The molecule has 2 rings (SSSR count). The summed E-state index contributed by atoms with van der Waals surface area (Å²) < 4.78 is 39.4. The van der Waals surface area contributed by atoms with E-state index in [1.807, 2.05) is 0 Å². The molecule has 1 aromatic rings. The van der Waals surface area contributed by atoms with Gasteiger partial charge < -0.3 is 10.8 Å². The second-order valence-electron chi connectivity index (χ2n) is 5.20. The molecule has 1 aromatic carbocycles. The van der Waals surface area contributed by atoms with Gasteiger partial charge in [-0.05, 0) is 32.4 Å². The van der Waals surface area contributed by atoms with Crippen molar-refractivity contribution in [3.05, 3.63) is 23.5 Å². The first kappa shape index (κ1) is 14.2. The van der Waals surface area contributed by atoms with E-state index < -0.39 is 21.4 Å². The highest BCUT2D eigenvalue weighted by atomic mass is 32.2. The van der Waals surface area contributed by atoms with Gasteiger partial charge in [-0.15, -0.1) is 0 Å². The summed E-state index contributed by atoms with van der Waals surface area (Å²) in [6.45, 7) is 3.28. The minimum atomic E-state index is -3.82. The summed E-state index contributed by atoms with van der Waals surface area (Å²) in [6, 6.07) is 2.22. The Balaban J connectivity index is 2.41. The van der Waals surface area contributed by atoms with Gasteiger partial charge in [-0.2, -0.15) is 4.31 Å². The van der Waals surface area contributed by atoms with E-state index in [0.717, 1.165) is 10.4 Å². The Morgan fingerprint density at radius 3 is 2.58 bits per heavy atom. The number of aliphatic hydroxyl groups is 1. The standard InChI is InChI=1S/C12H17FN2O3S/c1-8-10(13)5-9(6-11(8)14)19(17,18)15-4-3-12(2,16)7-15/h5-6,16H,3-4,7,14H2,1-2H3. The fraction of sp³-hybridized carbons (Fsp3) is 0.500. The largest absolute Gasteiger partial charge is 0.398 e. The zero-order chi connectivity index (χ0) is 14.4. The van der Waals surface area contributed by atoms with Crippen molar-refractivity contribution in [2.75, 3.05) is 18.8 Å². The number of sulfonamides is 1. The van der Waals surface area contributed by atoms with Crippen LogP contribution in [-0.2, 0) is 10.0 Å². The highest BCUT2D eigenvalue weighted by Crippen LogP contribution is 2.29. The molecule has 1 aliphatic rings. The van der Waals surface area contributed by atoms with E-state index in [1.54, 1.807) is 6.92 Å². The number of nitrogens with zero attached hydrogens (tertiary/aromatic N) is 1. The molecule has 0 amide bonds. The molecule has 1 fully saturated rings. The molecule has 0 aromatic heterocycles. The van der Waals surface area contributed by atoms with Crippen molar-refractivity contribution in [1.82, 2.24) is 4.31 Å². The summed E-state index contributed by atoms with van der Waals surface area (Å²) in [7, 11) is -3.82. The Morgan fingerprint density at radius 1 is 1.47 bits per heavy atom. The van der Waals surface area contributed by atoms with Gasteiger partial charge in [0.05, 0.1) is 10.5 Å². The van der Waals surface area contributed by atoms with Gasteiger partial charge in [0.1, 0.15) is 5.82 Å². The molecule has 5 nitrogen and oxygen atoms in total. The van der Waals surface area contributed by atoms with Crippen molar-refractivity contribution in [2.45, 2.75) is 30.8 Å². The van der Waals surface area contributed by atoms with Crippen LogP contribution in [0, 0.1) is 12.7 Å². The predicted molar refractivity (Wildman–Crippen MR) is 69.5 cm³/mol. The van der Waals surface area contributed by atoms with Gasteiger partial charge in [0, 0.05) is 24.3 Å². The van der Waals surface area contributed by atoms with E-state index in [2.05, 4.69) is 0 Å². The third-order valence-electron chi connectivity index (χ3n) is 3.41. The number of benzene rings is 1. The highest BCUT2D eigenvalue weighted by molar-refractivity contribution is 7.89. The molecule has 1 aliphatic heterocycles. The zero-order valence-corrected chi connectivity index (χ0v) is 11.7. The van der Waals surface area contributed by atoms with Gasteiger partial charge in [0.15, 0.2) is 0 Å². The number of nitrogens with two attached hydrogens (primary N) is 1. The molecule has 0 saturated carbocycles. The van der Waals surface area contributed by atoms with E-state index >= 15 is 0 Å². The van der Waals surface area contributed by atoms with Crippen LogP contribution in [0.5, 0.6) is 0 Å². The van der Waals surface area contributed by atoms with E-state index in [0.29, 0.717) is 6.42 Å². The van der Waals surface area contributed by atoms with Crippen molar-refractivity contribution >= 4 is 15.7 Å². The van der Waals surface area contributed by atoms with Crippen LogP contribution in [0.2, 0.25) is 0 Å². The number of hydrogen-bond donors (Lipinski definition) is 2. The lowest BCUT2D eigenvalue weighted by Gasteiger charge is -2.19. The Kier molecular flexibility index (Phi) is 3.32. The fourth-order valence-corrected chi connectivity index (χ4v) is 3.69. The van der Waals surface area contributed by atoms with Gasteiger partial charge in [-0.1, -0.05) is 0 Å². The zero-order valence-electron chi connectivity index (χ0n) is 10.9. The van der Waals surface area contributed by atoms with Crippen LogP contribution in [0.25, 0.3) is 0 Å². The predicted octanol–water partition coefficient (Wildman–Crippen LogP) is 0.862. The van der Waals surface area contributed by atoms with Crippen molar-refractivity contribution in [3.8, 4) is 0 Å². The molecule has 0 aliphatic carbocycles. The van der Waals surface area contributed by atoms with Crippen LogP contribution in [0.1, 0.15) is 18.9 Å². The Hall–Kier alpha value is -1.18. The van der Waals surface area contributed by atoms with Gasteiger partial charge in [0.25, 0.3) is 0 Å². The maximum Gasteiger partial charge on any atom is 0.243 e. The summed E-state index contributed by atoms with van der Waals surface area (Å²) >= 11 is 0. The number of nitrogen functional groups attached to an aromatic ring is 1. The average molecular weight is 288 g/mol. The van der Waals surface area contributed by atoms with Gasteiger partial charge in [-0.25, -0.2) is 12.8 Å². The number of β-amino-alcohol motifs (C(OH)–C–C–N with tert-alkyl or cyclic N) is 1. The molecule has 106 valence electrons. The summed E-state index contributed by atoms with van der Waals surface area (Å²) in [5.41, 5.74) is 4.89. The lowest BCUT2D eigenvalue weighted by Crippen LogP contribution is -2.34. The second kappa shape index (κ2) is 4.43. The molecule has 0 spiro atoms. The Bertz CT molecular complexity index is 590. The van der Waals surface area contributed by atoms with Crippen molar-refractivity contribution in [3.63, 3.8) is 0 Å². The van der Waals surface area contributed by atoms with E-state index in [4.69, 9.17) is 5.73 Å². The third-order valence-corrected chi connectivity index (χ3v) is 5.24. The number of rotatable bonds is 2. The topological polar surface area (TPSA) is 83.6 Å². The molecule has 0 bridgehead atoms. The molecule has 19 heavy (non-hydrogen) atoms. The number of halogens is 1. The van der Waals surface area contributed by atoms with E-state index in [9.17, 15) is 17.9 Å². The number of hydrogen-bond acceptors (Lipinski definition) is 4. The van der Waals surface area contributed by atoms with Crippen molar-refractivity contribution < 1.29 is 17.9 Å². The summed E-state index contributed by atoms with van der Waals surface area (Å²) in [5, 5.41) is 9.82. The maximum atomic E-state index is 13.6. The minimum Gasteiger partial charge on any atom is -0.398 e. The van der Waals surface area contributed by atoms with Crippen LogP contribution in [0.15, 0.2) is 17.0 Å². The SMILES string of the molecule is Cc1c(N)cc(S(=O)(=O)N2CCC(C)(O)C2)cc1F. The van der Waals surface area contributed by atoms with Gasteiger partial charge in [-0.3, -0.25) is 0 Å². The number of anilines is 1. The normalized spacial score (nSPS) is 24.8. The Morgan fingerprint density at radius 2 is 2.11 bits per heavy atom. The van der Waals surface area contributed by atoms with Crippen molar-refractivity contribution in [2.24, 2.45) is 0 Å². The summed E-state index contributed by atoms with van der Waals surface area (Å²) in [6.07, 6.45) is 0.357. The first-order valence-corrected chi connectivity index (χ1v) is 7.36. The second-order valence-corrected chi connectivity index (χ2v) is 7.14. The summed E-state index contributed by atoms with van der Waals surface area (Å²) in [4.78, 5) is -0.175. The molecular formula is C12H17FN2O3S. The monoisotopic (exact) mass is 288 g/mol. The lowest BCUT2D eigenvalue weighted by molar-refractivity contribution is 0.0762. The highest BCUT2D eigenvalue weighted by Gasteiger charge is 2.38. The van der Waals surface area contributed by atoms with Crippen LogP contribution in [-0.4, -0.2) is 36.5 Å². The maximum absolute atomic E-state index is 13.6. The molecule has 1 atom stereocenters. The molecule has 0 radical (unpaired) electrons. The van der Waals surface area contributed by atoms with Crippen LogP contribution in [0.4, 0.5) is 10.1 Å². The lowest BCUT2D eigenvalue weighted by atomic mass is 10.1. The van der Waals surface area contributed by atoms with Crippen LogP contribution < -0.4 is 5.73 Å². The third kappa shape index (κ3) is 2.58. The van der Waals surface area contributed by atoms with E-state index in [-0.39, 0.29) is 29.2 Å². The first-order chi connectivity index (χ1) is 8.63. The quantitative estimate of drug-likeness (QED) is 0.791. The van der Waals surface area contributed by atoms with Crippen molar-refractivity contribution in [1.29, 1.82) is 0 Å². The molecular weight excluding hydrogens is 271 g/mol. The molecule has 1 heterocycles. The molecule has 7 heteroatoms. The van der Waals surface area contributed by atoms with Crippen LogP contribution >= 0.6 is 0 Å². The molecule has 1 unspecified atom stereocenters. The average Bonchev–Trinajstić information content (AvgIpc) is 2.66. The van der Waals surface area contributed by atoms with Crippen LogP contribution in [0.3, 0.4) is 0 Å². The molecule has 3 N–H and O–H groups in total. The van der Waals surface area contributed by atoms with E-state index in [1.165, 1.54) is 13.0 Å². The first-order valence-electron chi connectivity index (χ1n) is 5.92.